The Labute approximate surface area is 193 Å². The van der Waals surface area contributed by atoms with Crippen molar-refractivity contribution in [3.8, 4) is 23.0 Å². The summed E-state index contributed by atoms with van der Waals surface area (Å²) in [5, 5.41) is 0. The summed E-state index contributed by atoms with van der Waals surface area (Å²) in [6, 6.07) is 11.8. The number of benzene rings is 2. The van der Waals surface area contributed by atoms with Crippen LogP contribution in [0.5, 0.6) is 11.5 Å². The molecule has 0 bridgehead atoms. The molecule has 5 rings (SSSR count). The van der Waals surface area contributed by atoms with Gasteiger partial charge in [-0.3, -0.25) is 4.90 Å². The lowest BCUT2D eigenvalue weighted by molar-refractivity contribution is 0.185. The van der Waals surface area contributed by atoms with Crippen LogP contribution in [0.4, 0.5) is 0 Å². The quantitative estimate of drug-likeness (QED) is 0.386. The predicted octanol–water partition coefficient (Wildman–Crippen LogP) is 5.50. The largest absolute Gasteiger partial charge is 0.496 e. The normalized spacial score (nSPS) is 16.9. The number of nitrogens with zero attached hydrogens (tertiary/aromatic N) is 3. The standard InChI is InChI=1S/C26H29N3O4/c1-16-22(30-3)12-11-19(24(16)31-4)26-28-21(17(2)32-26)15-29-13-7-8-18(14-29)25-27-20-9-5-6-10-23(20)33-25/h5-6,9-12,18H,7-8,13-15H2,1-4H3. The number of fused-ring (bicyclic) bond motifs is 1. The van der Waals surface area contributed by atoms with E-state index in [-0.39, 0.29) is 5.92 Å². The number of para-hydroxylation sites is 2. The van der Waals surface area contributed by atoms with E-state index in [1.165, 1.54) is 0 Å². The van der Waals surface area contributed by atoms with Crippen molar-refractivity contribution in [2.24, 2.45) is 0 Å². The van der Waals surface area contributed by atoms with Crippen molar-refractivity contribution in [2.45, 2.75) is 39.2 Å². The van der Waals surface area contributed by atoms with Crippen LogP contribution in [-0.4, -0.2) is 42.2 Å². The van der Waals surface area contributed by atoms with Gasteiger partial charge in [-0.25, -0.2) is 9.97 Å². The molecule has 1 atom stereocenters. The third-order valence-electron chi connectivity index (χ3n) is 6.44. The lowest BCUT2D eigenvalue weighted by Gasteiger charge is -2.30. The summed E-state index contributed by atoms with van der Waals surface area (Å²) in [5.74, 6) is 4.00. The van der Waals surface area contributed by atoms with Gasteiger partial charge < -0.3 is 18.3 Å². The molecule has 33 heavy (non-hydrogen) atoms. The van der Waals surface area contributed by atoms with E-state index in [0.29, 0.717) is 5.89 Å². The zero-order valence-electron chi connectivity index (χ0n) is 19.6. The summed E-state index contributed by atoms with van der Waals surface area (Å²) >= 11 is 0. The second kappa shape index (κ2) is 8.90. The number of oxazole rings is 2. The summed E-state index contributed by atoms with van der Waals surface area (Å²) < 4.78 is 23.2. The van der Waals surface area contributed by atoms with Crippen LogP contribution in [0.25, 0.3) is 22.6 Å². The van der Waals surface area contributed by atoms with E-state index in [1.807, 2.05) is 50.2 Å². The van der Waals surface area contributed by atoms with Crippen LogP contribution in [0.1, 0.15) is 41.7 Å². The molecule has 172 valence electrons. The molecule has 3 heterocycles. The van der Waals surface area contributed by atoms with E-state index in [9.17, 15) is 0 Å². The highest BCUT2D eigenvalue weighted by Crippen LogP contribution is 2.38. The number of aromatic nitrogens is 2. The molecule has 1 aliphatic rings. The van der Waals surface area contributed by atoms with Gasteiger partial charge in [-0.15, -0.1) is 0 Å². The number of aryl methyl sites for hydroxylation is 1. The van der Waals surface area contributed by atoms with E-state index < -0.39 is 0 Å². The Morgan fingerprint density at radius 1 is 1.03 bits per heavy atom. The van der Waals surface area contributed by atoms with Crippen LogP contribution in [-0.2, 0) is 6.54 Å². The summed E-state index contributed by atoms with van der Waals surface area (Å²) in [6.45, 7) is 6.57. The second-order valence-corrected chi connectivity index (χ2v) is 8.59. The van der Waals surface area contributed by atoms with Gasteiger partial charge in [-0.2, -0.15) is 0 Å². The van der Waals surface area contributed by atoms with Crippen molar-refractivity contribution in [1.82, 2.24) is 14.9 Å². The maximum atomic E-state index is 6.08. The highest BCUT2D eigenvalue weighted by atomic mass is 16.5. The molecule has 0 saturated carbocycles. The predicted molar refractivity (Wildman–Crippen MR) is 126 cm³/mol. The number of likely N-dealkylation sites (tertiary alicyclic amines) is 1. The highest BCUT2D eigenvalue weighted by Gasteiger charge is 2.27. The van der Waals surface area contributed by atoms with Crippen LogP contribution in [0.3, 0.4) is 0 Å². The van der Waals surface area contributed by atoms with Gasteiger partial charge in [0, 0.05) is 24.6 Å². The molecule has 0 spiro atoms. The first-order valence-corrected chi connectivity index (χ1v) is 11.3. The number of piperidine rings is 1. The summed E-state index contributed by atoms with van der Waals surface area (Å²) in [7, 11) is 3.31. The van der Waals surface area contributed by atoms with Crippen LogP contribution in [0.2, 0.25) is 0 Å². The van der Waals surface area contributed by atoms with Crippen LogP contribution >= 0.6 is 0 Å². The van der Waals surface area contributed by atoms with E-state index >= 15 is 0 Å². The maximum Gasteiger partial charge on any atom is 0.230 e. The Morgan fingerprint density at radius 2 is 1.88 bits per heavy atom. The number of hydrogen-bond acceptors (Lipinski definition) is 7. The number of rotatable bonds is 6. The monoisotopic (exact) mass is 447 g/mol. The van der Waals surface area contributed by atoms with E-state index in [1.54, 1.807) is 14.2 Å². The van der Waals surface area contributed by atoms with Crippen LogP contribution < -0.4 is 9.47 Å². The Hall–Kier alpha value is -3.32. The smallest absolute Gasteiger partial charge is 0.230 e. The van der Waals surface area contributed by atoms with Gasteiger partial charge in [0.25, 0.3) is 0 Å². The highest BCUT2D eigenvalue weighted by molar-refractivity contribution is 5.72. The first kappa shape index (κ1) is 21.5. The van der Waals surface area contributed by atoms with E-state index in [0.717, 1.165) is 83.5 Å². The maximum absolute atomic E-state index is 6.08. The molecule has 2 aromatic carbocycles. The summed E-state index contributed by atoms with van der Waals surface area (Å²) in [5.41, 5.74) is 4.47. The van der Waals surface area contributed by atoms with Crippen molar-refractivity contribution in [2.75, 3.05) is 27.3 Å². The minimum Gasteiger partial charge on any atom is -0.496 e. The van der Waals surface area contributed by atoms with Gasteiger partial charge in [0.15, 0.2) is 11.5 Å². The topological polar surface area (TPSA) is 73.8 Å². The zero-order chi connectivity index (χ0) is 22.9. The molecule has 2 aromatic heterocycles. The molecule has 1 saturated heterocycles. The molecule has 4 aromatic rings. The number of ether oxygens (including phenoxy) is 2. The second-order valence-electron chi connectivity index (χ2n) is 8.59. The average Bonchev–Trinajstić information content (AvgIpc) is 3.42. The summed E-state index contributed by atoms with van der Waals surface area (Å²) in [4.78, 5) is 12.0. The van der Waals surface area contributed by atoms with E-state index in [4.69, 9.17) is 28.3 Å². The molecule has 1 aliphatic heterocycles. The van der Waals surface area contributed by atoms with Gasteiger partial charge in [0.2, 0.25) is 5.89 Å². The van der Waals surface area contributed by atoms with E-state index in [2.05, 4.69) is 4.90 Å². The third-order valence-corrected chi connectivity index (χ3v) is 6.44. The molecule has 1 fully saturated rings. The van der Waals surface area contributed by atoms with Gasteiger partial charge in [0.05, 0.1) is 25.5 Å². The van der Waals surface area contributed by atoms with Crippen molar-refractivity contribution in [3.05, 3.63) is 59.3 Å². The Balaban J connectivity index is 1.35. The van der Waals surface area contributed by atoms with Crippen LogP contribution in [0, 0.1) is 13.8 Å². The molecular formula is C26H29N3O4. The van der Waals surface area contributed by atoms with Crippen molar-refractivity contribution >= 4 is 11.1 Å². The molecule has 1 unspecified atom stereocenters. The third kappa shape index (κ3) is 4.09. The fraction of sp³-hybridized carbons (Fsp3) is 0.385. The van der Waals surface area contributed by atoms with Crippen molar-refractivity contribution in [3.63, 3.8) is 0 Å². The minimum atomic E-state index is 0.280. The molecule has 7 nitrogen and oxygen atoms in total. The Morgan fingerprint density at radius 3 is 2.67 bits per heavy atom. The SMILES string of the molecule is COc1ccc(-c2nc(CN3CCCC(c4nc5ccccc5o4)C3)c(C)o2)c(OC)c1C. The van der Waals surface area contributed by atoms with Crippen molar-refractivity contribution in [1.29, 1.82) is 0 Å². The van der Waals surface area contributed by atoms with Crippen LogP contribution in [0.15, 0.2) is 45.2 Å². The van der Waals surface area contributed by atoms with Crippen molar-refractivity contribution < 1.29 is 18.3 Å². The summed E-state index contributed by atoms with van der Waals surface area (Å²) in [6.07, 6.45) is 2.17. The Kier molecular flexibility index (Phi) is 5.81. The van der Waals surface area contributed by atoms with Gasteiger partial charge >= 0.3 is 0 Å². The molecule has 0 N–H and O–H groups in total. The minimum absolute atomic E-state index is 0.280. The Bertz CT molecular complexity index is 1240. The molecular weight excluding hydrogens is 418 g/mol. The average molecular weight is 448 g/mol. The lowest BCUT2D eigenvalue weighted by atomic mass is 9.98. The number of hydrogen-bond donors (Lipinski definition) is 0. The molecule has 0 amide bonds. The number of methoxy groups -OCH3 is 2. The molecule has 0 aliphatic carbocycles. The van der Waals surface area contributed by atoms with Gasteiger partial charge in [-0.1, -0.05) is 12.1 Å². The van der Waals surface area contributed by atoms with Gasteiger partial charge in [-0.05, 0) is 57.5 Å². The first-order valence-electron chi connectivity index (χ1n) is 11.3. The molecule has 0 radical (unpaired) electrons. The fourth-order valence-electron chi connectivity index (χ4n) is 4.69. The first-order chi connectivity index (χ1) is 16.1. The molecule has 7 heteroatoms. The van der Waals surface area contributed by atoms with Gasteiger partial charge in [0.1, 0.15) is 22.8 Å². The lowest BCUT2D eigenvalue weighted by Crippen LogP contribution is -2.34. The fourth-order valence-corrected chi connectivity index (χ4v) is 4.69. The zero-order valence-corrected chi connectivity index (χ0v) is 19.6.